The van der Waals surface area contributed by atoms with E-state index in [4.69, 9.17) is 0 Å². The van der Waals surface area contributed by atoms with Gasteiger partial charge in [-0.25, -0.2) is 0 Å². The number of nitrogens with one attached hydrogen (secondary N) is 2. The lowest BCUT2D eigenvalue weighted by molar-refractivity contribution is -0.136. The van der Waals surface area contributed by atoms with Crippen LogP contribution in [0.3, 0.4) is 0 Å². The Labute approximate surface area is 168 Å². The Hall–Kier alpha value is -3.48. The van der Waals surface area contributed by atoms with Gasteiger partial charge >= 0.3 is 0 Å². The molecule has 1 saturated heterocycles. The summed E-state index contributed by atoms with van der Waals surface area (Å²) in [5, 5.41) is 5.18. The van der Waals surface area contributed by atoms with Crippen LogP contribution in [0.1, 0.15) is 50.2 Å². The molecule has 1 unspecified atom stereocenters. The summed E-state index contributed by atoms with van der Waals surface area (Å²) in [5.41, 5.74) is 3.94. The van der Waals surface area contributed by atoms with Crippen molar-refractivity contribution >= 4 is 23.6 Å². The first-order chi connectivity index (χ1) is 13.9. The monoisotopic (exact) mass is 391 g/mol. The van der Waals surface area contributed by atoms with Crippen molar-refractivity contribution in [1.29, 1.82) is 0 Å². The molecular weight excluding hydrogens is 370 g/mol. The maximum atomic E-state index is 12.7. The fraction of sp³-hybridized carbons (Fsp3) is 0.273. The highest BCUT2D eigenvalue weighted by Gasteiger charge is 2.39. The Morgan fingerprint density at radius 2 is 1.90 bits per heavy atom. The number of aryl methyl sites for hydroxylation is 1. The van der Waals surface area contributed by atoms with Gasteiger partial charge in [-0.05, 0) is 42.7 Å². The molecule has 1 atom stereocenters. The van der Waals surface area contributed by atoms with E-state index in [1.165, 1.54) is 4.90 Å². The summed E-state index contributed by atoms with van der Waals surface area (Å²) in [6.07, 6.45) is 0.566. The first-order valence-corrected chi connectivity index (χ1v) is 9.54. The van der Waals surface area contributed by atoms with E-state index < -0.39 is 11.9 Å². The number of hydrogen-bond donors (Lipinski definition) is 2. The second-order valence-electron chi connectivity index (χ2n) is 7.44. The molecule has 4 amide bonds. The molecule has 0 radical (unpaired) electrons. The predicted octanol–water partition coefficient (Wildman–Crippen LogP) is 1.69. The molecule has 2 heterocycles. The van der Waals surface area contributed by atoms with Crippen LogP contribution in [0.4, 0.5) is 0 Å². The normalized spacial score (nSPS) is 18.4. The van der Waals surface area contributed by atoms with Crippen molar-refractivity contribution in [2.45, 2.75) is 38.9 Å². The summed E-state index contributed by atoms with van der Waals surface area (Å²) in [6.45, 7) is 2.62. The zero-order valence-corrected chi connectivity index (χ0v) is 16.0. The van der Waals surface area contributed by atoms with Crippen LogP contribution in [0.25, 0.3) is 0 Å². The van der Waals surface area contributed by atoms with Crippen molar-refractivity contribution in [3.63, 3.8) is 0 Å². The van der Waals surface area contributed by atoms with Gasteiger partial charge in [-0.2, -0.15) is 0 Å². The van der Waals surface area contributed by atoms with Crippen molar-refractivity contribution in [3.05, 3.63) is 70.3 Å². The van der Waals surface area contributed by atoms with Crippen molar-refractivity contribution in [1.82, 2.24) is 15.5 Å². The molecular formula is C22H21N3O4. The van der Waals surface area contributed by atoms with E-state index in [1.54, 1.807) is 24.3 Å². The molecule has 29 heavy (non-hydrogen) atoms. The first kappa shape index (κ1) is 18.9. The molecule has 4 rings (SSSR count). The van der Waals surface area contributed by atoms with Crippen LogP contribution in [0.15, 0.2) is 42.5 Å². The Bertz CT molecular complexity index is 1010. The van der Waals surface area contributed by atoms with Gasteiger partial charge in [0.2, 0.25) is 11.8 Å². The molecule has 7 nitrogen and oxygen atoms in total. The molecule has 2 aromatic carbocycles. The third kappa shape index (κ3) is 3.76. The van der Waals surface area contributed by atoms with Gasteiger partial charge in [-0.3, -0.25) is 24.5 Å². The highest BCUT2D eigenvalue weighted by molar-refractivity contribution is 6.05. The molecule has 2 aliphatic rings. The van der Waals surface area contributed by atoms with Crippen LogP contribution in [-0.2, 0) is 22.7 Å². The molecule has 0 saturated carbocycles. The summed E-state index contributed by atoms with van der Waals surface area (Å²) in [5.74, 6) is -1.09. The fourth-order valence-electron chi connectivity index (χ4n) is 3.73. The molecule has 0 aliphatic carbocycles. The van der Waals surface area contributed by atoms with Crippen LogP contribution in [0.2, 0.25) is 0 Å². The van der Waals surface area contributed by atoms with Gasteiger partial charge < -0.3 is 10.2 Å². The van der Waals surface area contributed by atoms with E-state index in [0.717, 1.165) is 16.7 Å². The summed E-state index contributed by atoms with van der Waals surface area (Å²) in [7, 11) is 0. The second-order valence-corrected chi connectivity index (χ2v) is 7.44. The third-order valence-corrected chi connectivity index (χ3v) is 5.35. The van der Waals surface area contributed by atoms with Gasteiger partial charge in [0, 0.05) is 30.6 Å². The van der Waals surface area contributed by atoms with Gasteiger partial charge in [0.15, 0.2) is 0 Å². The highest BCUT2D eigenvalue weighted by Crippen LogP contribution is 2.28. The lowest BCUT2D eigenvalue weighted by atomic mass is 10.0. The maximum absolute atomic E-state index is 12.7. The summed E-state index contributed by atoms with van der Waals surface area (Å²) < 4.78 is 0. The Morgan fingerprint density at radius 1 is 1.14 bits per heavy atom. The van der Waals surface area contributed by atoms with Crippen molar-refractivity contribution in [3.8, 4) is 0 Å². The lowest BCUT2D eigenvalue weighted by Crippen LogP contribution is -2.52. The van der Waals surface area contributed by atoms with Gasteiger partial charge in [-0.15, -0.1) is 0 Å². The van der Waals surface area contributed by atoms with Crippen LogP contribution < -0.4 is 10.6 Å². The SMILES string of the molecule is Cc1ccc(C(=O)NCc2ccc3c(c2)CN(C2CCC(=O)NC2=O)C3=O)cc1. The second kappa shape index (κ2) is 7.50. The van der Waals surface area contributed by atoms with E-state index in [0.29, 0.717) is 30.6 Å². The van der Waals surface area contributed by atoms with Gasteiger partial charge in [0.25, 0.3) is 11.8 Å². The Balaban J connectivity index is 1.43. The number of piperidine rings is 1. The fourth-order valence-corrected chi connectivity index (χ4v) is 3.73. The largest absolute Gasteiger partial charge is 0.348 e. The van der Waals surface area contributed by atoms with Crippen molar-refractivity contribution in [2.75, 3.05) is 0 Å². The molecule has 0 spiro atoms. The van der Waals surface area contributed by atoms with Crippen LogP contribution in [-0.4, -0.2) is 34.6 Å². The molecule has 0 bridgehead atoms. The number of carbonyl (C=O) groups is 4. The average Bonchev–Trinajstić information content (AvgIpc) is 3.02. The highest BCUT2D eigenvalue weighted by atomic mass is 16.2. The number of imide groups is 1. The van der Waals surface area contributed by atoms with E-state index >= 15 is 0 Å². The summed E-state index contributed by atoms with van der Waals surface area (Å²) in [4.78, 5) is 50.0. The first-order valence-electron chi connectivity index (χ1n) is 9.54. The topological polar surface area (TPSA) is 95.6 Å². The number of hydrogen-bond acceptors (Lipinski definition) is 4. The zero-order valence-electron chi connectivity index (χ0n) is 16.0. The minimum atomic E-state index is -0.628. The van der Waals surface area contributed by atoms with Crippen LogP contribution in [0, 0.1) is 6.92 Å². The maximum Gasteiger partial charge on any atom is 0.255 e. The average molecular weight is 391 g/mol. The number of benzene rings is 2. The van der Waals surface area contributed by atoms with Gasteiger partial charge in [0.1, 0.15) is 6.04 Å². The molecule has 2 aromatic rings. The van der Waals surface area contributed by atoms with Gasteiger partial charge in [0.05, 0.1) is 0 Å². The number of nitrogens with zero attached hydrogens (tertiary/aromatic N) is 1. The van der Waals surface area contributed by atoms with E-state index in [9.17, 15) is 19.2 Å². The van der Waals surface area contributed by atoms with E-state index in [-0.39, 0.29) is 24.1 Å². The Morgan fingerprint density at radius 3 is 2.62 bits per heavy atom. The lowest BCUT2D eigenvalue weighted by Gasteiger charge is -2.29. The van der Waals surface area contributed by atoms with Gasteiger partial charge in [-0.1, -0.05) is 29.8 Å². The summed E-state index contributed by atoms with van der Waals surface area (Å²) in [6, 6.07) is 12.1. The van der Waals surface area contributed by atoms with Crippen molar-refractivity contribution in [2.24, 2.45) is 0 Å². The molecule has 7 heteroatoms. The molecule has 148 valence electrons. The minimum absolute atomic E-state index is 0.160. The minimum Gasteiger partial charge on any atom is -0.348 e. The molecule has 2 N–H and O–H groups in total. The quantitative estimate of drug-likeness (QED) is 0.776. The third-order valence-electron chi connectivity index (χ3n) is 5.35. The number of rotatable bonds is 4. The van der Waals surface area contributed by atoms with Crippen molar-refractivity contribution < 1.29 is 19.2 Å². The zero-order chi connectivity index (χ0) is 20.5. The van der Waals surface area contributed by atoms with Crippen LogP contribution in [0.5, 0.6) is 0 Å². The smallest absolute Gasteiger partial charge is 0.255 e. The number of fused-ring (bicyclic) bond motifs is 1. The van der Waals surface area contributed by atoms with Crippen LogP contribution >= 0.6 is 0 Å². The molecule has 2 aliphatic heterocycles. The van der Waals surface area contributed by atoms with E-state index in [1.807, 2.05) is 25.1 Å². The number of carbonyl (C=O) groups excluding carboxylic acids is 4. The predicted molar refractivity (Wildman–Crippen MR) is 105 cm³/mol. The number of amides is 4. The summed E-state index contributed by atoms with van der Waals surface area (Å²) >= 11 is 0. The molecule has 1 fully saturated rings. The van der Waals surface area contributed by atoms with E-state index in [2.05, 4.69) is 10.6 Å². The Kier molecular flexibility index (Phi) is 4.88. The standard InChI is InChI=1S/C22H21N3O4/c1-13-2-5-15(6-3-13)20(27)23-11-14-4-7-17-16(10-14)12-25(22(17)29)18-8-9-19(26)24-21(18)28/h2-7,10,18H,8-9,11-12H2,1H3,(H,23,27)(H,24,26,28). The molecule has 0 aromatic heterocycles.